The number of H-pyrrole nitrogens is 1. The van der Waals surface area contributed by atoms with Gasteiger partial charge in [-0.25, -0.2) is 33.2 Å². The number of imidazole rings is 1. The predicted octanol–water partition coefficient (Wildman–Crippen LogP) is 5.60. The number of rotatable bonds is 9. The monoisotopic (exact) mass is 753 g/mol. The van der Waals surface area contributed by atoms with Crippen LogP contribution in [0.2, 0.25) is 0 Å². The van der Waals surface area contributed by atoms with Gasteiger partial charge in [0.2, 0.25) is 0 Å². The van der Waals surface area contributed by atoms with E-state index in [1.54, 1.807) is 20.8 Å². The van der Waals surface area contributed by atoms with E-state index in [-0.39, 0.29) is 27.6 Å². The molecule has 280 valence electrons. The lowest BCUT2D eigenvalue weighted by atomic mass is 10.0. The normalized spacial score (nSPS) is 13.3. The van der Waals surface area contributed by atoms with Crippen molar-refractivity contribution in [2.24, 2.45) is 0 Å². The van der Waals surface area contributed by atoms with Gasteiger partial charge in [-0.05, 0) is 77.4 Å². The Kier molecular flexibility index (Phi) is 11.6. The maximum absolute atomic E-state index is 13.3. The van der Waals surface area contributed by atoms with E-state index >= 15 is 0 Å². The summed E-state index contributed by atoms with van der Waals surface area (Å²) >= 11 is 0. The summed E-state index contributed by atoms with van der Waals surface area (Å²) in [6.07, 6.45) is -12.8. The standard InChI is InChI=1S/C30H33F6N5O9S/c1-27(2,3)49-25(44)39-21(23-37-19-12-9-17(29(31,32)33)14-20(19)38-23)13-16-7-10-18(11-8-16)41(15-22(42)48-24(43)30(34,35)36)51(46,47)40-26(45)50-28(4,5)6/h7-12,14,21H,13,15H2,1-6H3,(H,37,38)(H,39,44)(H,40,45). The first-order valence-electron chi connectivity index (χ1n) is 14.6. The van der Waals surface area contributed by atoms with Gasteiger partial charge in [0, 0.05) is 6.42 Å². The number of nitrogens with one attached hydrogen (secondary N) is 3. The van der Waals surface area contributed by atoms with E-state index < -0.39 is 81.7 Å². The zero-order valence-electron chi connectivity index (χ0n) is 27.8. The summed E-state index contributed by atoms with van der Waals surface area (Å²) in [7, 11) is -5.11. The molecular weight excluding hydrogens is 720 g/mol. The van der Waals surface area contributed by atoms with Crippen LogP contribution in [-0.4, -0.2) is 66.4 Å². The van der Waals surface area contributed by atoms with Crippen LogP contribution in [0.5, 0.6) is 0 Å². The van der Waals surface area contributed by atoms with Crippen molar-refractivity contribution in [2.45, 2.75) is 77.6 Å². The summed E-state index contributed by atoms with van der Waals surface area (Å²) in [6.45, 7) is 7.48. The molecule has 0 spiro atoms. The van der Waals surface area contributed by atoms with Gasteiger partial charge >= 0.3 is 46.7 Å². The lowest BCUT2D eigenvalue weighted by molar-refractivity contribution is -0.201. The zero-order valence-corrected chi connectivity index (χ0v) is 28.6. The Balaban J connectivity index is 1.98. The van der Waals surface area contributed by atoms with Crippen LogP contribution in [0.15, 0.2) is 42.5 Å². The number of aromatic nitrogens is 2. The molecule has 0 aliphatic heterocycles. The summed E-state index contributed by atoms with van der Waals surface area (Å²) in [5.74, 6) is -4.85. The number of esters is 2. The van der Waals surface area contributed by atoms with Crippen LogP contribution < -0.4 is 14.3 Å². The highest BCUT2D eigenvalue weighted by Gasteiger charge is 2.43. The molecule has 3 aromatic rings. The molecule has 1 unspecified atom stereocenters. The van der Waals surface area contributed by atoms with Gasteiger partial charge in [0.1, 0.15) is 23.6 Å². The molecular formula is C30H33F6N5O9S. The second-order valence-corrected chi connectivity index (χ2v) is 14.4. The van der Waals surface area contributed by atoms with E-state index in [2.05, 4.69) is 20.0 Å². The number of ether oxygens (including phenoxy) is 3. The SMILES string of the molecule is CC(C)(C)OC(=O)NC(Cc1ccc(N(CC(=O)OC(=O)C(F)(F)F)S(=O)(=O)NC(=O)OC(C)(C)C)cc1)c1nc2ccc(C(F)(F)F)cc2[nH]1. The van der Waals surface area contributed by atoms with Crippen LogP contribution in [0.25, 0.3) is 11.0 Å². The first-order valence-corrected chi connectivity index (χ1v) is 16.1. The zero-order chi connectivity index (χ0) is 38.7. The fourth-order valence-electron chi connectivity index (χ4n) is 4.16. The van der Waals surface area contributed by atoms with Crippen LogP contribution in [0.3, 0.4) is 0 Å². The molecule has 0 saturated carbocycles. The topological polar surface area (TPSA) is 186 Å². The molecule has 51 heavy (non-hydrogen) atoms. The Hall–Kier alpha value is -5.08. The van der Waals surface area contributed by atoms with Crippen LogP contribution >= 0.6 is 0 Å². The second-order valence-electron chi connectivity index (χ2n) is 12.8. The van der Waals surface area contributed by atoms with Crippen molar-refractivity contribution in [1.82, 2.24) is 20.0 Å². The first kappa shape index (κ1) is 40.4. The Labute approximate surface area is 287 Å². The first-order chi connectivity index (χ1) is 23.1. The van der Waals surface area contributed by atoms with Crippen molar-refractivity contribution in [3.63, 3.8) is 0 Å². The Morgan fingerprint density at radius 3 is 1.96 bits per heavy atom. The molecule has 21 heteroatoms. The third kappa shape index (κ3) is 12.0. The molecule has 0 bridgehead atoms. The van der Waals surface area contributed by atoms with Crippen molar-refractivity contribution in [3.8, 4) is 0 Å². The fraction of sp³-hybridized carbons (Fsp3) is 0.433. The van der Waals surface area contributed by atoms with E-state index in [9.17, 15) is 53.9 Å². The number of alkyl carbamates (subject to hydrolysis) is 1. The number of aromatic amines is 1. The Morgan fingerprint density at radius 1 is 0.863 bits per heavy atom. The number of fused-ring (bicyclic) bond motifs is 1. The predicted molar refractivity (Wildman–Crippen MR) is 166 cm³/mol. The van der Waals surface area contributed by atoms with Gasteiger partial charge in [0.15, 0.2) is 0 Å². The maximum Gasteiger partial charge on any atom is 0.491 e. The molecule has 3 N–H and O–H groups in total. The lowest BCUT2D eigenvalue weighted by Crippen LogP contribution is -2.48. The van der Waals surface area contributed by atoms with Crippen molar-refractivity contribution >= 4 is 51.1 Å². The average molecular weight is 754 g/mol. The maximum atomic E-state index is 13.3. The molecule has 14 nitrogen and oxygen atoms in total. The molecule has 1 heterocycles. The van der Waals surface area contributed by atoms with Gasteiger partial charge in [0.05, 0.1) is 28.3 Å². The number of benzene rings is 2. The van der Waals surface area contributed by atoms with Gasteiger partial charge < -0.3 is 24.5 Å². The number of amides is 2. The smallest absolute Gasteiger partial charge is 0.444 e. The number of anilines is 1. The summed E-state index contributed by atoms with van der Waals surface area (Å²) < 4.78 is 120. The molecule has 2 amide bonds. The van der Waals surface area contributed by atoms with Crippen molar-refractivity contribution in [1.29, 1.82) is 0 Å². The van der Waals surface area contributed by atoms with Gasteiger partial charge in [-0.1, -0.05) is 12.1 Å². The van der Waals surface area contributed by atoms with Gasteiger partial charge in [-0.15, -0.1) is 0 Å². The summed E-state index contributed by atoms with van der Waals surface area (Å²) in [5.41, 5.74) is -3.03. The number of carbonyl (C=O) groups excluding carboxylic acids is 4. The van der Waals surface area contributed by atoms with E-state index in [1.807, 2.05) is 0 Å². The van der Waals surface area contributed by atoms with Crippen LogP contribution in [0.4, 0.5) is 41.6 Å². The fourth-order valence-corrected chi connectivity index (χ4v) is 5.19. The van der Waals surface area contributed by atoms with Crippen LogP contribution in [-0.2, 0) is 46.6 Å². The Bertz CT molecular complexity index is 1880. The summed E-state index contributed by atoms with van der Waals surface area (Å²) in [4.78, 5) is 55.5. The van der Waals surface area contributed by atoms with Crippen molar-refractivity contribution < 1.29 is 68.1 Å². The van der Waals surface area contributed by atoms with Gasteiger partial charge in [-0.2, -0.15) is 34.8 Å². The molecule has 3 rings (SSSR count). The number of halogens is 6. The van der Waals surface area contributed by atoms with Gasteiger partial charge in [-0.3, -0.25) is 0 Å². The highest BCUT2D eigenvalue weighted by atomic mass is 32.2. The molecule has 0 aliphatic carbocycles. The highest BCUT2D eigenvalue weighted by molar-refractivity contribution is 7.91. The van der Waals surface area contributed by atoms with Crippen LogP contribution in [0.1, 0.15) is 64.5 Å². The van der Waals surface area contributed by atoms with E-state index in [0.717, 1.165) is 30.3 Å². The third-order valence-corrected chi connectivity index (χ3v) is 7.47. The van der Waals surface area contributed by atoms with Crippen LogP contribution in [0, 0.1) is 0 Å². The van der Waals surface area contributed by atoms with Crippen molar-refractivity contribution in [3.05, 3.63) is 59.4 Å². The van der Waals surface area contributed by atoms with E-state index in [4.69, 9.17) is 9.47 Å². The molecule has 2 aromatic carbocycles. The third-order valence-electron chi connectivity index (χ3n) is 6.12. The molecule has 0 saturated heterocycles. The quantitative estimate of drug-likeness (QED) is 0.108. The summed E-state index contributed by atoms with van der Waals surface area (Å²) in [5, 5.41) is 2.57. The van der Waals surface area contributed by atoms with Gasteiger partial charge in [0.25, 0.3) is 0 Å². The number of alkyl halides is 6. The summed E-state index contributed by atoms with van der Waals surface area (Å²) in [6, 6.07) is 6.39. The van der Waals surface area contributed by atoms with E-state index in [1.165, 1.54) is 37.6 Å². The largest absolute Gasteiger partial charge is 0.491 e. The molecule has 0 radical (unpaired) electrons. The number of hydrogen-bond donors (Lipinski definition) is 3. The second kappa shape index (κ2) is 14.6. The molecule has 0 fully saturated rings. The Morgan fingerprint density at radius 2 is 1.43 bits per heavy atom. The minimum atomic E-state index is -5.58. The minimum Gasteiger partial charge on any atom is -0.444 e. The number of carbonyl (C=O) groups is 4. The van der Waals surface area contributed by atoms with E-state index in [0.29, 0.717) is 5.56 Å². The molecule has 1 aromatic heterocycles. The highest BCUT2D eigenvalue weighted by Crippen LogP contribution is 2.32. The molecule has 1 atom stereocenters. The minimum absolute atomic E-state index is 0.000359. The number of hydrogen-bond acceptors (Lipinski definition) is 10. The number of nitrogens with zero attached hydrogens (tertiary/aromatic N) is 2. The van der Waals surface area contributed by atoms with Crippen molar-refractivity contribution in [2.75, 3.05) is 10.8 Å². The molecule has 0 aliphatic rings. The average Bonchev–Trinajstić information content (AvgIpc) is 3.36. The lowest BCUT2D eigenvalue weighted by Gasteiger charge is -2.25.